The number of phenolic OH excluding ortho intramolecular Hbond substituents is 2. The second-order valence-corrected chi connectivity index (χ2v) is 17.8. The summed E-state index contributed by atoms with van der Waals surface area (Å²) in [5, 5.41) is 40.0. The van der Waals surface area contributed by atoms with Crippen molar-refractivity contribution >= 4 is 39.8 Å². The van der Waals surface area contributed by atoms with Crippen molar-refractivity contribution in [2.24, 2.45) is 5.92 Å². The van der Waals surface area contributed by atoms with Crippen molar-refractivity contribution in [2.45, 2.75) is 71.8 Å². The number of aryl methyl sites for hydroxylation is 1. The molecule has 7 aromatic rings. The number of aliphatic hydroxyl groups excluding tert-OH is 1. The Hall–Kier alpha value is -7.73. The fourth-order valence-corrected chi connectivity index (χ4v) is 9.78. The number of aromatic hydroxyl groups is 2. The molecule has 4 N–H and O–H groups in total. The first-order chi connectivity index (χ1) is 32.2. The Balaban J connectivity index is 0.767. The number of rotatable bonds is 9. The molecule has 10 rings (SSSR count). The van der Waals surface area contributed by atoms with Gasteiger partial charge in [0.15, 0.2) is 11.9 Å². The van der Waals surface area contributed by atoms with Crippen molar-refractivity contribution in [3.63, 3.8) is 0 Å². The number of aliphatic hydroxyl groups is 1. The van der Waals surface area contributed by atoms with Crippen LogP contribution in [0.3, 0.4) is 0 Å². The van der Waals surface area contributed by atoms with Crippen LogP contribution in [-0.4, -0.2) is 98.7 Å². The van der Waals surface area contributed by atoms with Gasteiger partial charge in [-0.2, -0.15) is 5.10 Å². The summed E-state index contributed by atoms with van der Waals surface area (Å²) < 4.78 is 15.9. The lowest BCUT2D eigenvalue weighted by Crippen LogP contribution is -2.45. The molecule has 344 valence electrons. The zero-order valence-electron chi connectivity index (χ0n) is 37.3. The number of cyclic esters (lactones) is 1. The highest BCUT2D eigenvalue weighted by molar-refractivity contribution is 5.90. The predicted molar refractivity (Wildman–Crippen MR) is 245 cm³/mol. The molecule has 1 saturated heterocycles. The topological polar surface area (TPSA) is 227 Å². The number of aromatic amines is 1. The second-order valence-electron chi connectivity index (χ2n) is 17.8. The molecule has 18 nitrogen and oxygen atoms in total. The maximum atomic E-state index is 13.5. The average molecular weight is 909 g/mol. The number of esters is 1. The molecular formula is C49H48N8O10. The first-order valence-corrected chi connectivity index (χ1v) is 22.3. The smallest absolute Gasteiger partial charge is 0.415 e. The minimum atomic E-state index is -1.55. The standard InChI is InChI=1S/C49H48N8O10/c1-5-30-32-17-29(7-8-37(32)50-43-35(30)22-56-39(43)19-33-36(46(56)62)24-66-47(63)44(33)61)67-49(65)53(4)23-42(60)54-13-10-26(11-14-54)21-55-15-12-27-16-28(6-9-38(27)55)57-45(51-52-48(57)64)34-18-31(25(2)3)40(58)20-41(34)59/h6-9,12,15-20,25-26,44,58-59,61H,5,10-11,13-14,21-24H2,1-4H3,(H,52,64). The van der Waals surface area contributed by atoms with Crippen molar-refractivity contribution < 1.29 is 39.2 Å². The summed E-state index contributed by atoms with van der Waals surface area (Å²) in [5.41, 5.74) is 5.60. The molecule has 3 aliphatic heterocycles. The highest BCUT2D eigenvalue weighted by Gasteiger charge is 2.35. The average Bonchev–Trinajstić information content (AvgIpc) is 4.01. The zero-order chi connectivity index (χ0) is 47.0. The Labute approximate surface area is 382 Å². The number of nitrogens with one attached hydrogen (secondary N) is 1. The molecule has 4 aromatic heterocycles. The summed E-state index contributed by atoms with van der Waals surface area (Å²) in [7, 11) is 1.52. The Morgan fingerprint density at radius 3 is 2.54 bits per heavy atom. The maximum Gasteiger partial charge on any atom is 0.415 e. The molecule has 0 spiro atoms. The first kappa shape index (κ1) is 43.2. The van der Waals surface area contributed by atoms with Crippen LogP contribution in [0.5, 0.6) is 17.2 Å². The summed E-state index contributed by atoms with van der Waals surface area (Å²) >= 11 is 0. The van der Waals surface area contributed by atoms with Crippen molar-refractivity contribution in [1.29, 1.82) is 0 Å². The zero-order valence-corrected chi connectivity index (χ0v) is 37.3. The number of piperidine rings is 1. The van der Waals surface area contributed by atoms with Crippen LogP contribution in [0.25, 0.3) is 50.3 Å². The van der Waals surface area contributed by atoms with Gasteiger partial charge in [0, 0.05) is 66.4 Å². The lowest BCUT2D eigenvalue weighted by atomic mass is 9.96. The number of likely N-dealkylation sites (tertiary alicyclic amines) is 1. The molecule has 1 fully saturated rings. The number of carbonyl (C=O) groups excluding carboxylic acids is 3. The van der Waals surface area contributed by atoms with Crippen LogP contribution < -0.4 is 16.0 Å². The molecule has 2 amide bonds. The van der Waals surface area contributed by atoms with Gasteiger partial charge in [0.05, 0.1) is 40.3 Å². The lowest BCUT2D eigenvalue weighted by molar-refractivity contribution is -0.157. The van der Waals surface area contributed by atoms with E-state index in [0.717, 1.165) is 46.8 Å². The monoisotopic (exact) mass is 908 g/mol. The van der Waals surface area contributed by atoms with Gasteiger partial charge in [0.2, 0.25) is 5.91 Å². The molecule has 7 heterocycles. The number of amides is 2. The number of hydrogen-bond donors (Lipinski definition) is 4. The van der Waals surface area contributed by atoms with Crippen LogP contribution in [0.15, 0.2) is 76.4 Å². The molecule has 0 aliphatic carbocycles. The molecule has 0 radical (unpaired) electrons. The van der Waals surface area contributed by atoms with Crippen LogP contribution in [0.4, 0.5) is 4.79 Å². The molecule has 0 bridgehead atoms. The summed E-state index contributed by atoms with van der Waals surface area (Å²) in [4.78, 5) is 73.3. The number of ether oxygens (including phenoxy) is 2. The Morgan fingerprint density at radius 2 is 1.78 bits per heavy atom. The normalized spacial score (nSPS) is 15.8. The Morgan fingerprint density at radius 1 is 0.985 bits per heavy atom. The number of benzene rings is 3. The van der Waals surface area contributed by atoms with E-state index in [9.17, 15) is 39.3 Å². The van der Waals surface area contributed by atoms with E-state index >= 15 is 0 Å². The molecule has 3 aromatic carbocycles. The van der Waals surface area contributed by atoms with Crippen LogP contribution in [0, 0.1) is 5.92 Å². The van der Waals surface area contributed by atoms with Gasteiger partial charge in [0.25, 0.3) is 5.56 Å². The van der Waals surface area contributed by atoms with Gasteiger partial charge < -0.3 is 43.7 Å². The van der Waals surface area contributed by atoms with Crippen molar-refractivity contribution in [3.8, 4) is 45.7 Å². The van der Waals surface area contributed by atoms with Gasteiger partial charge in [-0.05, 0) is 96.8 Å². The SMILES string of the molecule is CCc1c2c(nc3ccc(OC(=O)N(C)CC(=O)N4CCC(Cn5ccc6cc(-n7c(-c8cc(C(C)C)c(O)cc8O)n[nH]c7=O)ccc65)CC4)cc13)-c1cc3c(c(=O)n1C2)COC(=O)C3O. The number of likely N-dealkylation sites (N-methyl/N-ethyl adjacent to an activating group) is 1. The summed E-state index contributed by atoms with van der Waals surface area (Å²) in [6.07, 6.45) is 1.90. The number of aromatic nitrogens is 6. The van der Waals surface area contributed by atoms with Crippen molar-refractivity contribution in [2.75, 3.05) is 26.7 Å². The summed E-state index contributed by atoms with van der Waals surface area (Å²) in [5.74, 6) is -0.450. The van der Waals surface area contributed by atoms with Gasteiger partial charge in [-0.15, -0.1) is 0 Å². The van der Waals surface area contributed by atoms with E-state index in [-0.39, 0.29) is 71.3 Å². The minimum absolute atomic E-state index is 0.0308. The molecule has 18 heteroatoms. The fourth-order valence-electron chi connectivity index (χ4n) is 9.78. The molecule has 3 aliphatic rings. The highest BCUT2D eigenvalue weighted by Crippen LogP contribution is 2.40. The number of fused-ring (bicyclic) bond motifs is 6. The predicted octanol–water partition coefficient (Wildman–Crippen LogP) is 5.48. The van der Waals surface area contributed by atoms with E-state index in [1.807, 2.05) is 51.2 Å². The number of carbonyl (C=O) groups is 3. The van der Waals surface area contributed by atoms with Crippen LogP contribution in [-0.2, 0) is 40.4 Å². The Kier molecular flexibility index (Phi) is 10.7. The van der Waals surface area contributed by atoms with E-state index in [0.29, 0.717) is 59.1 Å². The first-order valence-electron chi connectivity index (χ1n) is 22.3. The van der Waals surface area contributed by atoms with E-state index in [4.69, 9.17) is 14.5 Å². The van der Waals surface area contributed by atoms with Crippen molar-refractivity contribution in [1.82, 2.24) is 38.7 Å². The van der Waals surface area contributed by atoms with E-state index in [1.165, 1.54) is 22.6 Å². The molecular weight excluding hydrogens is 861 g/mol. The molecule has 0 saturated carbocycles. The molecule has 1 atom stereocenters. The van der Waals surface area contributed by atoms with Crippen LogP contribution >= 0.6 is 0 Å². The van der Waals surface area contributed by atoms with Gasteiger partial charge in [-0.3, -0.25) is 9.59 Å². The van der Waals surface area contributed by atoms with Crippen LogP contribution in [0.1, 0.15) is 73.5 Å². The third-order valence-electron chi connectivity index (χ3n) is 13.4. The highest BCUT2D eigenvalue weighted by atomic mass is 16.6. The maximum absolute atomic E-state index is 13.5. The number of pyridine rings is 2. The Bertz CT molecular complexity index is 3320. The summed E-state index contributed by atoms with van der Waals surface area (Å²) in [6, 6.07) is 17.3. The fraction of sp³-hybridized carbons (Fsp3) is 0.327. The minimum Gasteiger partial charge on any atom is -0.508 e. The van der Waals surface area contributed by atoms with Gasteiger partial charge in [-0.1, -0.05) is 20.8 Å². The van der Waals surface area contributed by atoms with Gasteiger partial charge in [-0.25, -0.2) is 29.0 Å². The lowest BCUT2D eigenvalue weighted by Gasteiger charge is -2.33. The largest absolute Gasteiger partial charge is 0.508 e. The van der Waals surface area contributed by atoms with Crippen LogP contribution in [0.2, 0.25) is 0 Å². The summed E-state index contributed by atoms with van der Waals surface area (Å²) in [6.45, 7) is 7.52. The quantitative estimate of drug-likeness (QED) is 0.132. The number of H-pyrrole nitrogens is 1. The third-order valence-corrected chi connectivity index (χ3v) is 13.4. The van der Waals surface area contributed by atoms with Crippen molar-refractivity contribution in [3.05, 3.63) is 116 Å². The van der Waals surface area contributed by atoms with E-state index in [1.54, 1.807) is 39.8 Å². The van der Waals surface area contributed by atoms with E-state index < -0.39 is 23.9 Å². The number of hydrogen-bond acceptors (Lipinski definition) is 12. The van der Waals surface area contributed by atoms with Gasteiger partial charge in [0.1, 0.15) is 30.4 Å². The third kappa shape index (κ3) is 7.46. The number of phenols is 2. The van der Waals surface area contributed by atoms with Gasteiger partial charge >= 0.3 is 17.8 Å². The van der Waals surface area contributed by atoms with E-state index in [2.05, 4.69) is 14.8 Å². The number of nitrogens with zero attached hydrogens (tertiary/aromatic N) is 7. The molecule has 67 heavy (non-hydrogen) atoms. The molecule has 1 unspecified atom stereocenters. The second kappa shape index (κ2) is 16.6.